The molecule has 0 atom stereocenters. The summed E-state index contributed by atoms with van der Waals surface area (Å²) < 4.78 is 0. The third-order valence-corrected chi connectivity index (χ3v) is 3.04. The van der Waals surface area contributed by atoms with Crippen LogP contribution in [0, 0.1) is 5.92 Å². The molecular formula is C11H22N2O. The van der Waals surface area contributed by atoms with Gasteiger partial charge in [0.2, 0.25) is 0 Å². The second-order valence-corrected chi connectivity index (χ2v) is 5.24. The first kappa shape index (κ1) is 11.3. The molecule has 3 nitrogen and oxygen atoms in total. The number of hydrogen-bond acceptors (Lipinski definition) is 1. The summed E-state index contributed by atoms with van der Waals surface area (Å²) in [4.78, 5) is 15.7. The highest BCUT2D eigenvalue weighted by Gasteiger charge is 2.35. The van der Waals surface area contributed by atoms with Gasteiger partial charge in [0, 0.05) is 25.7 Å². The van der Waals surface area contributed by atoms with Gasteiger partial charge in [-0.05, 0) is 26.2 Å². The first-order valence-electron chi connectivity index (χ1n) is 5.37. The second-order valence-electron chi connectivity index (χ2n) is 5.24. The first-order chi connectivity index (χ1) is 6.34. The number of nitrogens with zero attached hydrogens (tertiary/aromatic N) is 2. The molecule has 1 saturated heterocycles. The van der Waals surface area contributed by atoms with Crippen molar-refractivity contribution in [1.29, 1.82) is 0 Å². The van der Waals surface area contributed by atoms with E-state index in [0.717, 1.165) is 19.5 Å². The molecule has 0 aromatic rings. The van der Waals surface area contributed by atoms with Gasteiger partial charge in [-0.25, -0.2) is 4.79 Å². The lowest BCUT2D eigenvalue weighted by Crippen LogP contribution is -2.58. The van der Waals surface area contributed by atoms with E-state index in [9.17, 15) is 4.79 Å². The monoisotopic (exact) mass is 198 g/mol. The van der Waals surface area contributed by atoms with Crippen molar-refractivity contribution in [2.45, 2.75) is 39.7 Å². The number of hydrogen-bond donors (Lipinski definition) is 0. The Morgan fingerprint density at radius 3 is 2.50 bits per heavy atom. The zero-order chi connectivity index (χ0) is 10.9. The smallest absolute Gasteiger partial charge is 0.320 e. The number of rotatable bonds is 2. The summed E-state index contributed by atoms with van der Waals surface area (Å²) in [6.45, 7) is 10.3. The maximum absolute atomic E-state index is 11.9. The van der Waals surface area contributed by atoms with Crippen molar-refractivity contribution in [2.24, 2.45) is 5.92 Å². The highest BCUT2D eigenvalue weighted by Crippen LogP contribution is 2.24. The molecule has 14 heavy (non-hydrogen) atoms. The van der Waals surface area contributed by atoms with E-state index in [2.05, 4.69) is 27.7 Å². The molecular weight excluding hydrogens is 176 g/mol. The van der Waals surface area contributed by atoms with Gasteiger partial charge in [0.1, 0.15) is 0 Å². The quantitative estimate of drug-likeness (QED) is 0.667. The molecule has 0 aromatic carbocycles. The third kappa shape index (κ3) is 2.20. The lowest BCUT2D eigenvalue weighted by atomic mass is 9.96. The Hall–Kier alpha value is -0.730. The fourth-order valence-corrected chi connectivity index (χ4v) is 1.75. The highest BCUT2D eigenvalue weighted by atomic mass is 16.2. The van der Waals surface area contributed by atoms with Crippen LogP contribution in [0.2, 0.25) is 0 Å². The number of amides is 2. The van der Waals surface area contributed by atoms with Crippen LogP contribution < -0.4 is 0 Å². The molecule has 1 aliphatic rings. The normalized spacial score (nSPS) is 22.0. The molecule has 3 heteroatoms. The molecule has 1 rings (SSSR count). The summed E-state index contributed by atoms with van der Waals surface area (Å²) in [7, 11) is 1.90. The molecule has 0 saturated carbocycles. The largest absolute Gasteiger partial charge is 0.324 e. The molecule has 0 N–H and O–H groups in total. The fourth-order valence-electron chi connectivity index (χ4n) is 1.75. The Morgan fingerprint density at radius 2 is 2.00 bits per heavy atom. The molecule has 2 amide bonds. The van der Waals surface area contributed by atoms with Gasteiger partial charge in [-0.15, -0.1) is 0 Å². The molecule has 1 heterocycles. The average Bonchev–Trinajstić information content (AvgIpc) is 2.07. The standard InChI is InChI=1S/C11H22N2O/c1-9(2)8-13-7-6-11(3,4)12(5)10(13)14/h9H,6-8H2,1-5H3. The van der Waals surface area contributed by atoms with Gasteiger partial charge in [-0.3, -0.25) is 0 Å². The minimum Gasteiger partial charge on any atom is -0.324 e. The summed E-state index contributed by atoms with van der Waals surface area (Å²) in [6, 6.07) is 0.176. The zero-order valence-corrected chi connectivity index (χ0v) is 10.0. The van der Waals surface area contributed by atoms with E-state index in [1.54, 1.807) is 0 Å². The van der Waals surface area contributed by atoms with Gasteiger partial charge in [0.05, 0.1) is 0 Å². The zero-order valence-electron chi connectivity index (χ0n) is 10.0. The fraction of sp³-hybridized carbons (Fsp3) is 0.909. The SMILES string of the molecule is CC(C)CN1CCC(C)(C)N(C)C1=O. The van der Waals surface area contributed by atoms with Crippen LogP contribution in [0.3, 0.4) is 0 Å². The molecule has 0 aromatic heterocycles. The van der Waals surface area contributed by atoms with Gasteiger partial charge in [0.25, 0.3) is 0 Å². The van der Waals surface area contributed by atoms with E-state index in [0.29, 0.717) is 5.92 Å². The van der Waals surface area contributed by atoms with E-state index < -0.39 is 0 Å². The summed E-state index contributed by atoms with van der Waals surface area (Å²) in [6.07, 6.45) is 1.06. The van der Waals surface area contributed by atoms with Gasteiger partial charge < -0.3 is 9.80 Å². The number of urea groups is 1. The molecule has 0 radical (unpaired) electrons. The van der Waals surface area contributed by atoms with Crippen LogP contribution in [0.1, 0.15) is 34.1 Å². The molecule has 0 spiro atoms. The summed E-state index contributed by atoms with van der Waals surface area (Å²) >= 11 is 0. The molecule has 0 bridgehead atoms. The van der Waals surface area contributed by atoms with Gasteiger partial charge in [0.15, 0.2) is 0 Å². The molecule has 1 fully saturated rings. The Bertz CT molecular complexity index is 223. The minimum absolute atomic E-state index is 0.0184. The topological polar surface area (TPSA) is 23.6 Å². The third-order valence-electron chi connectivity index (χ3n) is 3.04. The van der Waals surface area contributed by atoms with Crippen LogP contribution >= 0.6 is 0 Å². The van der Waals surface area contributed by atoms with Crippen molar-refractivity contribution in [2.75, 3.05) is 20.1 Å². The van der Waals surface area contributed by atoms with E-state index in [-0.39, 0.29) is 11.6 Å². The molecule has 1 aliphatic heterocycles. The summed E-state index contributed by atoms with van der Waals surface area (Å²) in [5.41, 5.74) is 0.0184. The van der Waals surface area contributed by atoms with Crippen LogP contribution in [-0.2, 0) is 0 Å². The average molecular weight is 198 g/mol. The van der Waals surface area contributed by atoms with Crippen LogP contribution in [-0.4, -0.2) is 41.5 Å². The maximum atomic E-state index is 11.9. The van der Waals surface area contributed by atoms with Crippen molar-refractivity contribution in [1.82, 2.24) is 9.80 Å². The van der Waals surface area contributed by atoms with Gasteiger partial charge >= 0.3 is 6.03 Å². The van der Waals surface area contributed by atoms with Crippen molar-refractivity contribution in [3.63, 3.8) is 0 Å². The second kappa shape index (κ2) is 3.79. The van der Waals surface area contributed by atoms with Crippen molar-refractivity contribution in [3.8, 4) is 0 Å². The lowest BCUT2D eigenvalue weighted by molar-refractivity contribution is 0.0718. The van der Waals surface area contributed by atoms with Gasteiger partial charge in [-0.2, -0.15) is 0 Å². The van der Waals surface area contributed by atoms with Crippen LogP contribution in [0.4, 0.5) is 4.79 Å². The molecule has 0 unspecified atom stereocenters. The number of carbonyl (C=O) groups excluding carboxylic acids is 1. The van der Waals surface area contributed by atoms with Crippen molar-refractivity contribution < 1.29 is 4.79 Å². The first-order valence-corrected chi connectivity index (χ1v) is 5.37. The highest BCUT2D eigenvalue weighted by molar-refractivity contribution is 5.75. The predicted molar refractivity (Wildman–Crippen MR) is 58.3 cm³/mol. The Kier molecular flexibility index (Phi) is 3.07. The maximum Gasteiger partial charge on any atom is 0.320 e. The van der Waals surface area contributed by atoms with Crippen LogP contribution in [0.5, 0.6) is 0 Å². The Morgan fingerprint density at radius 1 is 1.43 bits per heavy atom. The van der Waals surface area contributed by atoms with Crippen molar-refractivity contribution in [3.05, 3.63) is 0 Å². The van der Waals surface area contributed by atoms with Gasteiger partial charge in [-0.1, -0.05) is 13.8 Å². The van der Waals surface area contributed by atoms with E-state index in [1.807, 2.05) is 16.8 Å². The van der Waals surface area contributed by atoms with E-state index >= 15 is 0 Å². The summed E-state index contributed by atoms with van der Waals surface area (Å²) in [5, 5.41) is 0. The predicted octanol–water partition coefficient (Wildman–Crippen LogP) is 2.18. The van der Waals surface area contributed by atoms with Crippen molar-refractivity contribution >= 4 is 6.03 Å². The van der Waals surface area contributed by atoms with Crippen LogP contribution in [0.25, 0.3) is 0 Å². The van der Waals surface area contributed by atoms with E-state index in [1.165, 1.54) is 0 Å². The molecule has 82 valence electrons. The Balaban J connectivity index is 2.65. The number of carbonyl (C=O) groups is 1. The molecule has 0 aliphatic carbocycles. The summed E-state index contributed by atoms with van der Waals surface area (Å²) in [5.74, 6) is 0.550. The Labute approximate surface area is 87.1 Å². The van der Waals surface area contributed by atoms with Crippen LogP contribution in [0.15, 0.2) is 0 Å². The lowest BCUT2D eigenvalue weighted by Gasteiger charge is -2.45. The minimum atomic E-state index is 0.0184. The van der Waals surface area contributed by atoms with E-state index in [4.69, 9.17) is 0 Å².